The molecular weight excluding hydrogens is 308 g/mol. The second-order valence-electron chi connectivity index (χ2n) is 4.72. The van der Waals surface area contributed by atoms with E-state index in [1.54, 1.807) is 0 Å². The number of amides is 1. The van der Waals surface area contributed by atoms with E-state index in [0.717, 1.165) is 10.0 Å². The molecule has 0 saturated carbocycles. The maximum absolute atomic E-state index is 11.3. The predicted molar refractivity (Wildman–Crippen MR) is 79.8 cm³/mol. The largest absolute Gasteiger partial charge is 0.387 e. The first-order valence-corrected chi connectivity index (χ1v) is 7.22. The normalized spacial score (nSPS) is 12.5. The molecule has 0 aliphatic carbocycles. The van der Waals surface area contributed by atoms with E-state index in [4.69, 9.17) is 0 Å². The molecule has 1 rings (SSSR count). The molecule has 5 heteroatoms. The Hall–Kier alpha value is -0.910. The van der Waals surface area contributed by atoms with Gasteiger partial charge in [0, 0.05) is 30.0 Å². The number of hydrogen-bond donors (Lipinski definition) is 3. The lowest BCUT2D eigenvalue weighted by molar-refractivity contribution is -0.123. The summed E-state index contributed by atoms with van der Waals surface area (Å²) in [6, 6.07) is 7.58. The van der Waals surface area contributed by atoms with Gasteiger partial charge < -0.3 is 15.7 Å². The first-order chi connectivity index (χ1) is 9.00. The number of aliphatic hydroxyl groups is 1. The van der Waals surface area contributed by atoms with Crippen LogP contribution in [0.1, 0.15) is 25.5 Å². The van der Waals surface area contributed by atoms with Gasteiger partial charge in [-0.3, -0.25) is 4.79 Å². The lowest BCUT2D eigenvalue weighted by atomic mass is 10.1. The van der Waals surface area contributed by atoms with Crippen molar-refractivity contribution in [2.45, 2.75) is 20.0 Å². The highest BCUT2D eigenvalue weighted by molar-refractivity contribution is 9.10. The van der Waals surface area contributed by atoms with Crippen LogP contribution < -0.4 is 10.6 Å². The molecule has 106 valence electrons. The van der Waals surface area contributed by atoms with Gasteiger partial charge >= 0.3 is 0 Å². The van der Waals surface area contributed by atoms with Gasteiger partial charge in [0.2, 0.25) is 5.91 Å². The van der Waals surface area contributed by atoms with Gasteiger partial charge in [-0.05, 0) is 17.7 Å². The van der Waals surface area contributed by atoms with Gasteiger partial charge in [-0.1, -0.05) is 41.9 Å². The zero-order chi connectivity index (χ0) is 14.3. The monoisotopic (exact) mass is 328 g/mol. The van der Waals surface area contributed by atoms with Gasteiger partial charge in [-0.2, -0.15) is 0 Å². The van der Waals surface area contributed by atoms with Crippen molar-refractivity contribution in [2.24, 2.45) is 5.92 Å². The van der Waals surface area contributed by atoms with E-state index in [0.29, 0.717) is 19.6 Å². The third kappa shape index (κ3) is 6.18. The Morgan fingerprint density at radius 1 is 1.26 bits per heavy atom. The molecule has 0 fully saturated rings. The minimum Gasteiger partial charge on any atom is -0.387 e. The van der Waals surface area contributed by atoms with Crippen molar-refractivity contribution in [3.63, 3.8) is 0 Å². The summed E-state index contributed by atoms with van der Waals surface area (Å²) in [7, 11) is 0. The molecule has 0 aliphatic heterocycles. The van der Waals surface area contributed by atoms with Crippen LogP contribution in [-0.2, 0) is 4.79 Å². The van der Waals surface area contributed by atoms with Gasteiger partial charge in [-0.15, -0.1) is 0 Å². The summed E-state index contributed by atoms with van der Waals surface area (Å²) < 4.78 is 0.993. The lowest BCUT2D eigenvalue weighted by Crippen LogP contribution is -2.35. The Morgan fingerprint density at radius 3 is 2.47 bits per heavy atom. The third-order valence-corrected chi connectivity index (χ3v) is 3.25. The zero-order valence-electron chi connectivity index (χ0n) is 11.3. The smallest absolute Gasteiger partial charge is 0.222 e. The highest BCUT2D eigenvalue weighted by atomic mass is 79.9. The first kappa shape index (κ1) is 16.1. The van der Waals surface area contributed by atoms with Crippen molar-refractivity contribution >= 4 is 21.8 Å². The molecule has 1 unspecified atom stereocenters. The number of halogens is 1. The van der Waals surface area contributed by atoms with E-state index in [1.807, 2.05) is 38.1 Å². The number of rotatable bonds is 7. The summed E-state index contributed by atoms with van der Waals surface area (Å²) in [6.45, 7) is 5.41. The second-order valence-corrected chi connectivity index (χ2v) is 5.63. The van der Waals surface area contributed by atoms with Crippen LogP contribution in [0.2, 0.25) is 0 Å². The Bertz CT molecular complexity index is 393. The fourth-order valence-corrected chi connectivity index (χ4v) is 1.78. The van der Waals surface area contributed by atoms with E-state index in [-0.39, 0.29) is 11.8 Å². The number of hydrogen-bond acceptors (Lipinski definition) is 3. The predicted octanol–water partition coefficient (Wildman–Crippen LogP) is 1.84. The van der Waals surface area contributed by atoms with Crippen molar-refractivity contribution in [3.8, 4) is 0 Å². The van der Waals surface area contributed by atoms with E-state index in [9.17, 15) is 9.90 Å². The molecule has 4 nitrogen and oxygen atoms in total. The SMILES string of the molecule is CC(C)C(=O)NCCNCC(O)c1ccc(Br)cc1. The molecule has 0 radical (unpaired) electrons. The highest BCUT2D eigenvalue weighted by Gasteiger charge is 2.07. The van der Waals surface area contributed by atoms with Crippen LogP contribution in [0.25, 0.3) is 0 Å². The van der Waals surface area contributed by atoms with Crippen molar-refractivity contribution in [1.82, 2.24) is 10.6 Å². The van der Waals surface area contributed by atoms with Crippen LogP contribution in [0, 0.1) is 5.92 Å². The first-order valence-electron chi connectivity index (χ1n) is 6.42. The van der Waals surface area contributed by atoms with E-state index in [1.165, 1.54) is 0 Å². The second kappa shape index (κ2) is 8.30. The van der Waals surface area contributed by atoms with Gasteiger partial charge in [0.25, 0.3) is 0 Å². The average Bonchev–Trinajstić information content (AvgIpc) is 2.38. The quantitative estimate of drug-likeness (QED) is 0.669. The highest BCUT2D eigenvalue weighted by Crippen LogP contribution is 2.15. The fourth-order valence-electron chi connectivity index (χ4n) is 1.52. The lowest BCUT2D eigenvalue weighted by Gasteiger charge is -2.13. The molecule has 0 spiro atoms. The molecular formula is C14H21BrN2O2. The van der Waals surface area contributed by atoms with Crippen molar-refractivity contribution in [1.29, 1.82) is 0 Å². The molecule has 1 amide bonds. The number of carbonyl (C=O) groups is 1. The Morgan fingerprint density at radius 2 is 1.89 bits per heavy atom. The topological polar surface area (TPSA) is 61.4 Å². The van der Waals surface area contributed by atoms with Crippen LogP contribution in [0.15, 0.2) is 28.7 Å². The van der Waals surface area contributed by atoms with Crippen LogP contribution in [0.4, 0.5) is 0 Å². The molecule has 1 aromatic carbocycles. The molecule has 0 aromatic heterocycles. The molecule has 1 atom stereocenters. The summed E-state index contributed by atoms with van der Waals surface area (Å²) >= 11 is 3.36. The number of aliphatic hydroxyl groups excluding tert-OH is 1. The number of carbonyl (C=O) groups excluding carboxylic acids is 1. The summed E-state index contributed by atoms with van der Waals surface area (Å²) in [6.07, 6.45) is -0.533. The minimum absolute atomic E-state index is 0.00774. The van der Waals surface area contributed by atoms with Crippen LogP contribution in [0.3, 0.4) is 0 Å². The standard InChI is InChI=1S/C14H21BrN2O2/c1-10(2)14(19)17-8-7-16-9-13(18)11-3-5-12(15)6-4-11/h3-6,10,13,16,18H,7-9H2,1-2H3,(H,17,19). The van der Waals surface area contributed by atoms with E-state index in [2.05, 4.69) is 26.6 Å². The Balaban J connectivity index is 2.19. The average molecular weight is 329 g/mol. The summed E-state index contributed by atoms with van der Waals surface area (Å²) in [4.78, 5) is 11.3. The molecule has 0 saturated heterocycles. The zero-order valence-corrected chi connectivity index (χ0v) is 12.9. The van der Waals surface area contributed by atoms with Gasteiger partial charge in [-0.25, -0.2) is 0 Å². The number of benzene rings is 1. The van der Waals surface area contributed by atoms with Crippen molar-refractivity contribution in [3.05, 3.63) is 34.3 Å². The Kier molecular flexibility index (Phi) is 7.05. The van der Waals surface area contributed by atoms with Crippen LogP contribution in [-0.4, -0.2) is 30.6 Å². The summed E-state index contributed by atoms with van der Waals surface area (Å²) in [5.41, 5.74) is 0.877. The van der Waals surface area contributed by atoms with Crippen molar-refractivity contribution in [2.75, 3.05) is 19.6 Å². The molecule has 0 aliphatic rings. The molecule has 1 aromatic rings. The summed E-state index contributed by atoms with van der Waals surface area (Å²) in [5.74, 6) is 0.0589. The van der Waals surface area contributed by atoms with Gasteiger partial charge in [0.1, 0.15) is 0 Å². The third-order valence-electron chi connectivity index (χ3n) is 2.72. The molecule has 19 heavy (non-hydrogen) atoms. The number of nitrogens with one attached hydrogen (secondary N) is 2. The molecule has 0 heterocycles. The molecule has 3 N–H and O–H groups in total. The van der Waals surface area contributed by atoms with Gasteiger partial charge in [0.15, 0.2) is 0 Å². The van der Waals surface area contributed by atoms with Crippen LogP contribution in [0.5, 0.6) is 0 Å². The minimum atomic E-state index is -0.533. The maximum Gasteiger partial charge on any atom is 0.222 e. The van der Waals surface area contributed by atoms with E-state index >= 15 is 0 Å². The fraction of sp³-hybridized carbons (Fsp3) is 0.500. The van der Waals surface area contributed by atoms with Gasteiger partial charge in [0.05, 0.1) is 6.10 Å². The van der Waals surface area contributed by atoms with Crippen LogP contribution >= 0.6 is 15.9 Å². The Labute approximate surface area is 122 Å². The molecule has 0 bridgehead atoms. The maximum atomic E-state index is 11.3. The summed E-state index contributed by atoms with van der Waals surface area (Å²) in [5, 5.41) is 15.9. The van der Waals surface area contributed by atoms with E-state index < -0.39 is 6.10 Å². The van der Waals surface area contributed by atoms with Crippen molar-refractivity contribution < 1.29 is 9.90 Å².